The van der Waals surface area contributed by atoms with Gasteiger partial charge in [-0.2, -0.15) is 5.10 Å². The van der Waals surface area contributed by atoms with Crippen LogP contribution in [0, 0.1) is 17.6 Å². The predicted molar refractivity (Wildman–Crippen MR) is 77.4 cm³/mol. The second kappa shape index (κ2) is 5.26. The largest absolute Gasteiger partial charge is 0.328 e. The molecule has 4 nitrogen and oxygen atoms in total. The van der Waals surface area contributed by atoms with Gasteiger partial charge in [0.05, 0.1) is 5.69 Å². The van der Waals surface area contributed by atoms with E-state index in [0.29, 0.717) is 0 Å². The predicted octanol–water partition coefficient (Wildman–Crippen LogP) is 3.66. The Morgan fingerprint density at radius 3 is 2.72 bits per heavy atom. The van der Waals surface area contributed by atoms with Crippen molar-refractivity contribution in [3.05, 3.63) is 10.5 Å². The van der Waals surface area contributed by atoms with E-state index in [-0.39, 0.29) is 0 Å². The Morgan fingerprint density at radius 2 is 2.11 bits per heavy atom. The van der Waals surface area contributed by atoms with E-state index >= 15 is 0 Å². The second-order valence-corrected chi connectivity index (χ2v) is 5.60. The smallest absolute Gasteiger partial charge is 0.179 e. The van der Waals surface area contributed by atoms with Gasteiger partial charge in [0.2, 0.25) is 0 Å². The van der Waals surface area contributed by atoms with Gasteiger partial charge in [-0.25, -0.2) is 4.68 Å². The minimum atomic E-state index is 0.742. The van der Waals surface area contributed by atoms with Gasteiger partial charge in [0.25, 0.3) is 0 Å². The summed E-state index contributed by atoms with van der Waals surface area (Å²) in [4.78, 5) is 3.28. The van der Waals surface area contributed by atoms with E-state index in [0.717, 1.165) is 47.1 Å². The average Bonchev–Trinajstić information content (AvgIpc) is 2.78. The Balaban J connectivity index is 2.36. The minimum absolute atomic E-state index is 0.742. The number of H-pyrrole nitrogens is 1. The number of imidazole rings is 1. The van der Waals surface area contributed by atoms with E-state index in [1.807, 2.05) is 11.6 Å². The van der Waals surface area contributed by atoms with Gasteiger partial charge in [0.15, 0.2) is 10.4 Å². The third-order valence-electron chi connectivity index (χ3n) is 3.30. The standard InChI is InChI=1S/C13H22N4S/c1-5-17-12-11(10(4)15-17)14-13(18)16(12)8-6-7-9(2)3/h9H,5-8H2,1-4H3,(H,14,18). The molecule has 2 aromatic rings. The van der Waals surface area contributed by atoms with E-state index in [9.17, 15) is 0 Å². The monoisotopic (exact) mass is 266 g/mol. The molecule has 0 bridgehead atoms. The molecule has 0 aliphatic heterocycles. The van der Waals surface area contributed by atoms with E-state index < -0.39 is 0 Å². The first kappa shape index (κ1) is 13.3. The van der Waals surface area contributed by atoms with Crippen LogP contribution < -0.4 is 0 Å². The van der Waals surface area contributed by atoms with Crippen molar-refractivity contribution in [3.8, 4) is 0 Å². The highest BCUT2D eigenvalue weighted by Gasteiger charge is 2.13. The number of rotatable bonds is 5. The van der Waals surface area contributed by atoms with Crippen molar-refractivity contribution in [3.63, 3.8) is 0 Å². The van der Waals surface area contributed by atoms with Crippen molar-refractivity contribution in [2.45, 2.75) is 53.6 Å². The molecule has 0 unspecified atom stereocenters. The van der Waals surface area contributed by atoms with Crippen molar-refractivity contribution in [1.29, 1.82) is 0 Å². The number of hydrogen-bond acceptors (Lipinski definition) is 2. The summed E-state index contributed by atoms with van der Waals surface area (Å²) in [6, 6.07) is 0. The van der Waals surface area contributed by atoms with E-state index in [2.05, 4.69) is 35.4 Å². The molecule has 2 heterocycles. The van der Waals surface area contributed by atoms with Crippen LogP contribution in [0.25, 0.3) is 11.2 Å². The third-order valence-corrected chi connectivity index (χ3v) is 3.62. The third kappa shape index (κ3) is 2.36. The highest BCUT2D eigenvalue weighted by atomic mass is 32.1. The van der Waals surface area contributed by atoms with Gasteiger partial charge in [0, 0.05) is 13.1 Å². The van der Waals surface area contributed by atoms with Crippen molar-refractivity contribution in [1.82, 2.24) is 19.3 Å². The fourth-order valence-electron chi connectivity index (χ4n) is 2.35. The fourth-order valence-corrected chi connectivity index (χ4v) is 2.63. The molecule has 0 spiro atoms. The van der Waals surface area contributed by atoms with Crippen LogP contribution in [0.3, 0.4) is 0 Å². The zero-order valence-electron chi connectivity index (χ0n) is 11.7. The van der Waals surface area contributed by atoms with E-state index in [1.165, 1.54) is 6.42 Å². The molecule has 0 aliphatic rings. The molecule has 1 N–H and O–H groups in total. The van der Waals surface area contributed by atoms with Gasteiger partial charge in [-0.3, -0.25) is 0 Å². The first-order valence-corrected chi connectivity index (χ1v) is 7.11. The SMILES string of the molecule is CCn1nc(C)c2[nH]c(=S)n(CCCC(C)C)c21. The molecule has 0 atom stereocenters. The number of fused-ring (bicyclic) bond motifs is 1. The summed E-state index contributed by atoms with van der Waals surface area (Å²) in [5, 5.41) is 4.53. The Bertz CT molecular complexity index is 588. The lowest BCUT2D eigenvalue weighted by atomic mass is 10.1. The average molecular weight is 266 g/mol. The van der Waals surface area contributed by atoms with Crippen LogP contribution in [0.4, 0.5) is 0 Å². The van der Waals surface area contributed by atoms with Crippen LogP contribution in [-0.2, 0) is 13.1 Å². The summed E-state index contributed by atoms with van der Waals surface area (Å²) in [6.07, 6.45) is 2.39. The van der Waals surface area contributed by atoms with Crippen LogP contribution in [-0.4, -0.2) is 19.3 Å². The molecular formula is C13H22N4S. The van der Waals surface area contributed by atoms with Crippen LogP contribution in [0.5, 0.6) is 0 Å². The molecule has 0 aromatic carbocycles. The summed E-state index contributed by atoms with van der Waals surface area (Å²) in [5.41, 5.74) is 3.26. The Morgan fingerprint density at radius 1 is 1.39 bits per heavy atom. The number of aryl methyl sites for hydroxylation is 3. The summed E-state index contributed by atoms with van der Waals surface area (Å²) in [7, 11) is 0. The topological polar surface area (TPSA) is 38.5 Å². The zero-order valence-corrected chi connectivity index (χ0v) is 12.5. The van der Waals surface area contributed by atoms with Crippen molar-refractivity contribution in [2.24, 2.45) is 5.92 Å². The molecule has 0 amide bonds. The molecule has 5 heteroatoms. The molecule has 18 heavy (non-hydrogen) atoms. The number of nitrogens with zero attached hydrogens (tertiary/aromatic N) is 3. The maximum Gasteiger partial charge on any atom is 0.179 e. The summed E-state index contributed by atoms with van der Waals surface area (Å²) in [6.45, 7) is 10.5. The van der Waals surface area contributed by atoms with Gasteiger partial charge in [-0.1, -0.05) is 13.8 Å². The molecule has 0 radical (unpaired) electrons. The quantitative estimate of drug-likeness (QED) is 0.839. The number of hydrogen-bond donors (Lipinski definition) is 1. The summed E-state index contributed by atoms with van der Waals surface area (Å²) in [5.74, 6) is 0.742. The Labute approximate surface area is 113 Å². The lowest BCUT2D eigenvalue weighted by molar-refractivity contribution is 0.508. The molecule has 0 aliphatic carbocycles. The number of aromatic nitrogens is 4. The van der Waals surface area contributed by atoms with E-state index in [1.54, 1.807) is 0 Å². The maximum absolute atomic E-state index is 5.42. The molecular weight excluding hydrogens is 244 g/mol. The zero-order chi connectivity index (χ0) is 13.3. The van der Waals surface area contributed by atoms with Crippen LogP contribution in [0.15, 0.2) is 0 Å². The highest BCUT2D eigenvalue weighted by Crippen LogP contribution is 2.19. The Kier molecular flexibility index (Phi) is 3.90. The fraction of sp³-hybridized carbons (Fsp3) is 0.692. The number of aromatic amines is 1. The first-order valence-electron chi connectivity index (χ1n) is 6.70. The molecule has 0 saturated carbocycles. The summed E-state index contributed by atoms with van der Waals surface area (Å²) >= 11 is 5.42. The molecule has 0 fully saturated rings. The lowest BCUT2D eigenvalue weighted by Gasteiger charge is -2.07. The van der Waals surface area contributed by atoms with Gasteiger partial charge in [-0.15, -0.1) is 0 Å². The molecule has 0 saturated heterocycles. The first-order chi connectivity index (χ1) is 8.54. The molecule has 2 aromatic heterocycles. The van der Waals surface area contributed by atoms with Crippen molar-refractivity contribution < 1.29 is 0 Å². The van der Waals surface area contributed by atoms with Crippen molar-refractivity contribution >= 4 is 23.4 Å². The van der Waals surface area contributed by atoms with Crippen LogP contribution in [0.1, 0.15) is 39.3 Å². The second-order valence-electron chi connectivity index (χ2n) is 5.22. The molecule has 100 valence electrons. The van der Waals surface area contributed by atoms with Gasteiger partial charge < -0.3 is 9.55 Å². The maximum atomic E-state index is 5.42. The normalized spacial score (nSPS) is 11.8. The van der Waals surface area contributed by atoms with Crippen LogP contribution in [0.2, 0.25) is 0 Å². The molecule has 2 rings (SSSR count). The Hall–Kier alpha value is -1.10. The van der Waals surface area contributed by atoms with Gasteiger partial charge >= 0.3 is 0 Å². The van der Waals surface area contributed by atoms with Gasteiger partial charge in [-0.05, 0) is 44.8 Å². The van der Waals surface area contributed by atoms with Crippen molar-refractivity contribution in [2.75, 3.05) is 0 Å². The van der Waals surface area contributed by atoms with Gasteiger partial charge in [0.1, 0.15) is 5.52 Å². The minimum Gasteiger partial charge on any atom is -0.328 e. The number of nitrogens with one attached hydrogen (secondary N) is 1. The van der Waals surface area contributed by atoms with Crippen LogP contribution >= 0.6 is 12.2 Å². The summed E-state index contributed by atoms with van der Waals surface area (Å²) < 4.78 is 5.04. The highest BCUT2D eigenvalue weighted by molar-refractivity contribution is 7.71. The lowest BCUT2D eigenvalue weighted by Crippen LogP contribution is -2.06. The van der Waals surface area contributed by atoms with E-state index in [4.69, 9.17) is 12.2 Å².